The van der Waals surface area contributed by atoms with Gasteiger partial charge in [0.2, 0.25) is 5.91 Å². The summed E-state index contributed by atoms with van der Waals surface area (Å²) in [5.41, 5.74) is 0. The van der Waals surface area contributed by atoms with E-state index in [2.05, 4.69) is 17.1 Å². The molecule has 0 spiro atoms. The summed E-state index contributed by atoms with van der Waals surface area (Å²) in [6, 6.07) is 0.470. The van der Waals surface area contributed by atoms with Gasteiger partial charge in [-0.3, -0.25) is 9.69 Å². The van der Waals surface area contributed by atoms with Gasteiger partial charge >= 0.3 is 0 Å². The molecular formula is C10H21N3O. The number of piperazine rings is 1. The number of likely N-dealkylation sites (N-methyl/N-ethyl adjacent to an activating group) is 1. The molecule has 14 heavy (non-hydrogen) atoms. The van der Waals surface area contributed by atoms with E-state index in [0.29, 0.717) is 12.6 Å². The second-order valence-electron chi connectivity index (χ2n) is 3.93. The zero-order valence-corrected chi connectivity index (χ0v) is 9.42. The first-order valence-corrected chi connectivity index (χ1v) is 5.34. The smallest absolute Gasteiger partial charge is 0.236 e. The summed E-state index contributed by atoms with van der Waals surface area (Å²) in [7, 11) is 1.86. The van der Waals surface area contributed by atoms with Gasteiger partial charge in [-0.1, -0.05) is 0 Å². The van der Waals surface area contributed by atoms with Crippen LogP contribution >= 0.6 is 0 Å². The molecule has 0 aromatic rings. The van der Waals surface area contributed by atoms with Gasteiger partial charge in [0.1, 0.15) is 0 Å². The van der Waals surface area contributed by atoms with Crippen LogP contribution in [0.4, 0.5) is 0 Å². The Hall–Kier alpha value is -0.610. The largest absolute Gasteiger partial charge is 0.345 e. The number of rotatable bonds is 3. The number of carbonyl (C=O) groups is 1. The molecular weight excluding hydrogens is 178 g/mol. The second-order valence-corrected chi connectivity index (χ2v) is 3.93. The normalized spacial score (nSPS) is 23.5. The van der Waals surface area contributed by atoms with Gasteiger partial charge in [0.05, 0.1) is 6.54 Å². The van der Waals surface area contributed by atoms with Gasteiger partial charge in [-0.25, -0.2) is 0 Å². The fraction of sp³-hybridized carbons (Fsp3) is 0.900. The van der Waals surface area contributed by atoms with E-state index in [1.54, 1.807) is 4.90 Å². The highest BCUT2D eigenvalue weighted by Gasteiger charge is 2.21. The molecule has 1 saturated heterocycles. The van der Waals surface area contributed by atoms with E-state index in [1.807, 2.05) is 14.0 Å². The Morgan fingerprint density at radius 1 is 1.64 bits per heavy atom. The Labute approximate surface area is 86.2 Å². The molecule has 82 valence electrons. The topological polar surface area (TPSA) is 35.6 Å². The van der Waals surface area contributed by atoms with Crippen LogP contribution in [-0.4, -0.2) is 61.5 Å². The monoisotopic (exact) mass is 199 g/mol. The van der Waals surface area contributed by atoms with Crippen molar-refractivity contribution in [2.75, 3.05) is 39.8 Å². The van der Waals surface area contributed by atoms with Crippen LogP contribution < -0.4 is 5.32 Å². The molecule has 1 unspecified atom stereocenters. The van der Waals surface area contributed by atoms with Crippen molar-refractivity contribution >= 4 is 5.91 Å². The van der Waals surface area contributed by atoms with Crippen molar-refractivity contribution in [1.82, 2.24) is 15.1 Å². The lowest BCUT2D eigenvalue weighted by Gasteiger charge is -2.34. The Bertz CT molecular complexity index is 196. The zero-order valence-electron chi connectivity index (χ0n) is 9.42. The molecule has 1 N–H and O–H groups in total. The lowest BCUT2D eigenvalue weighted by molar-refractivity contribution is -0.131. The zero-order chi connectivity index (χ0) is 10.6. The van der Waals surface area contributed by atoms with Crippen molar-refractivity contribution in [3.63, 3.8) is 0 Å². The van der Waals surface area contributed by atoms with Gasteiger partial charge in [0, 0.05) is 39.3 Å². The average Bonchev–Trinajstić information content (AvgIpc) is 2.20. The number of hydrogen-bond acceptors (Lipinski definition) is 3. The first kappa shape index (κ1) is 11.5. The summed E-state index contributed by atoms with van der Waals surface area (Å²) in [5, 5.41) is 3.31. The molecule has 4 nitrogen and oxygen atoms in total. The standard InChI is InChI=1S/C10H21N3O/c1-4-12(3)10(14)8-13-6-5-11-7-9(13)2/h9,11H,4-8H2,1-3H3. The molecule has 0 aliphatic carbocycles. The van der Waals surface area contributed by atoms with Crippen LogP contribution in [0.5, 0.6) is 0 Å². The van der Waals surface area contributed by atoms with Crippen molar-refractivity contribution in [1.29, 1.82) is 0 Å². The third-order valence-electron chi connectivity index (χ3n) is 2.88. The van der Waals surface area contributed by atoms with Crippen molar-refractivity contribution in [3.8, 4) is 0 Å². The first-order valence-electron chi connectivity index (χ1n) is 5.34. The van der Waals surface area contributed by atoms with Gasteiger partial charge in [-0.2, -0.15) is 0 Å². The Morgan fingerprint density at radius 3 is 2.93 bits per heavy atom. The molecule has 0 aromatic carbocycles. The number of nitrogens with zero attached hydrogens (tertiary/aromatic N) is 2. The molecule has 0 bridgehead atoms. The maximum atomic E-state index is 11.7. The van der Waals surface area contributed by atoms with Gasteiger partial charge in [0.15, 0.2) is 0 Å². The van der Waals surface area contributed by atoms with Gasteiger partial charge in [0.25, 0.3) is 0 Å². The molecule has 1 rings (SSSR count). The molecule has 4 heteroatoms. The van der Waals surface area contributed by atoms with E-state index >= 15 is 0 Å². The molecule has 0 aromatic heterocycles. The van der Waals surface area contributed by atoms with Crippen molar-refractivity contribution in [3.05, 3.63) is 0 Å². The van der Waals surface area contributed by atoms with Crippen LogP contribution in [0.25, 0.3) is 0 Å². The minimum absolute atomic E-state index is 0.223. The van der Waals surface area contributed by atoms with Crippen LogP contribution in [0, 0.1) is 0 Å². The lowest BCUT2D eigenvalue weighted by Crippen LogP contribution is -2.52. The summed E-state index contributed by atoms with van der Waals surface area (Å²) in [4.78, 5) is 15.7. The number of hydrogen-bond donors (Lipinski definition) is 1. The Kier molecular flexibility index (Phi) is 4.35. The van der Waals surface area contributed by atoms with E-state index < -0.39 is 0 Å². The van der Waals surface area contributed by atoms with Gasteiger partial charge in [-0.15, -0.1) is 0 Å². The predicted molar refractivity (Wildman–Crippen MR) is 57.2 cm³/mol. The van der Waals surface area contributed by atoms with Gasteiger partial charge < -0.3 is 10.2 Å². The maximum Gasteiger partial charge on any atom is 0.236 e. The van der Waals surface area contributed by atoms with Crippen LogP contribution in [0.1, 0.15) is 13.8 Å². The summed E-state index contributed by atoms with van der Waals surface area (Å²) >= 11 is 0. The predicted octanol–water partition coefficient (Wildman–Crippen LogP) is -0.242. The Morgan fingerprint density at radius 2 is 2.36 bits per heavy atom. The second kappa shape index (κ2) is 5.32. The fourth-order valence-electron chi connectivity index (χ4n) is 1.59. The molecule has 1 atom stereocenters. The Balaban J connectivity index is 2.38. The quantitative estimate of drug-likeness (QED) is 0.681. The van der Waals surface area contributed by atoms with Crippen LogP contribution in [0.2, 0.25) is 0 Å². The van der Waals surface area contributed by atoms with Gasteiger partial charge in [-0.05, 0) is 13.8 Å². The third-order valence-corrected chi connectivity index (χ3v) is 2.88. The molecule has 1 aliphatic rings. The third kappa shape index (κ3) is 2.96. The van der Waals surface area contributed by atoms with E-state index in [-0.39, 0.29) is 5.91 Å². The summed E-state index contributed by atoms with van der Waals surface area (Å²) in [6.07, 6.45) is 0. The van der Waals surface area contributed by atoms with Crippen molar-refractivity contribution < 1.29 is 4.79 Å². The highest BCUT2D eigenvalue weighted by molar-refractivity contribution is 5.77. The van der Waals surface area contributed by atoms with Crippen LogP contribution in [0.3, 0.4) is 0 Å². The van der Waals surface area contributed by atoms with Crippen molar-refractivity contribution in [2.24, 2.45) is 0 Å². The number of amides is 1. The van der Waals surface area contributed by atoms with E-state index in [0.717, 1.165) is 26.2 Å². The summed E-state index contributed by atoms with van der Waals surface area (Å²) in [5.74, 6) is 0.223. The molecule has 1 amide bonds. The molecule has 1 aliphatic heterocycles. The number of nitrogens with one attached hydrogen (secondary N) is 1. The van der Waals surface area contributed by atoms with E-state index in [9.17, 15) is 4.79 Å². The fourth-order valence-corrected chi connectivity index (χ4v) is 1.59. The minimum Gasteiger partial charge on any atom is -0.345 e. The average molecular weight is 199 g/mol. The highest BCUT2D eigenvalue weighted by Crippen LogP contribution is 2.02. The summed E-state index contributed by atoms with van der Waals surface area (Å²) < 4.78 is 0. The molecule has 1 fully saturated rings. The highest BCUT2D eigenvalue weighted by atomic mass is 16.2. The van der Waals surface area contributed by atoms with Crippen LogP contribution in [0.15, 0.2) is 0 Å². The molecule has 0 radical (unpaired) electrons. The maximum absolute atomic E-state index is 11.7. The van der Waals surface area contributed by atoms with E-state index in [4.69, 9.17) is 0 Å². The number of carbonyl (C=O) groups excluding carboxylic acids is 1. The summed E-state index contributed by atoms with van der Waals surface area (Å²) in [6.45, 7) is 8.47. The van der Waals surface area contributed by atoms with Crippen LogP contribution in [-0.2, 0) is 4.79 Å². The molecule has 0 saturated carbocycles. The minimum atomic E-state index is 0.223. The first-order chi connectivity index (χ1) is 6.65. The lowest BCUT2D eigenvalue weighted by atomic mass is 10.2. The molecule has 1 heterocycles. The SMILES string of the molecule is CCN(C)C(=O)CN1CCNCC1C. The van der Waals surface area contributed by atoms with Crippen molar-refractivity contribution in [2.45, 2.75) is 19.9 Å². The van der Waals surface area contributed by atoms with E-state index in [1.165, 1.54) is 0 Å².